The number of benzene rings is 1. The molecular weight excluding hydrogens is 356 g/mol. The number of nitrogens with one attached hydrogen (secondary N) is 1. The maximum atomic E-state index is 12.2. The number of aromatic amines is 1. The van der Waals surface area contributed by atoms with Crippen molar-refractivity contribution in [2.24, 2.45) is 0 Å². The molecule has 4 heterocycles. The molecule has 5 rings (SSSR count). The number of ether oxygens (including phenoxy) is 2. The molecule has 0 saturated carbocycles. The van der Waals surface area contributed by atoms with E-state index in [2.05, 4.69) is 25.9 Å². The second-order valence-corrected chi connectivity index (χ2v) is 7.16. The minimum Gasteiger partial charge on any atom is -0.454 e. The summed E-state index contributed by atoms with van der Waals surface area (Å²) in [6.07, 6.45) is 2.69. The highest BCUT2D eigenvalue weighted by Gasteiger charge is 2.21. The Bertz CT molecular complexity index is 1090. The molecule has 1 aromatic carbocycles. The van der Waals surface area contributed by atoms with Crippen LogP contribution in [-0.2, 0) is 19.5 Å². The standard InChI is InChI=1S/C21H20N4O3/c1-13-23-18-6-7-25(11-16(18)21(26)24-13)10-14-2-4-17(22-9-14)15-3-5-19-20(8-15)28-12-27-19/h2-5,8-9H,6-7,10-12H2,1H3,(H,23,24,26). The third-order valence-corrected chi connectivity index (χ3v) is 5.17. The summed E-state index contributed by atoms with van der Waals surface area (Å²) >= 11 is 0. The smallest absolute Gasteiger partial charge is 0.255 e. The summed E-state index contributed by atoms with van der Waals surface area (Å²) < 4.78 is 10.8. The van der Waals surface area contributed by atoms with Gasteiger partial charge >= 0.3 is 0 Å². The molecule has 28 heavy (non-hydrogen) atoms. The van der Waals surface area contributed by atoms with Crippen molar-refractivity contribution in [1.82, 2.24) is 19.9 Å². The van der Waals surface area contributed by atoms with Crippen molar-refractivity contribution in [2.45, 2.75) is 26.4 Å². The monoisotopic (exact) mass is 376 g/mol. The lowest BCUT2D eigenvalue weighted by Crippen LogP contribution is -2.35. The lowest BCUT2D eigenvalue weighted by Gasteiger charge is -2.27. The Kier molecular flexibility index (Phi) is 4.09. The van der Waals surface area contributed by atoms with Gasteiger partial charge in [0.1, 0.15) is 5.82 Å². The van der Waals surface area contributed by atoms with Crippen molar-refractivity contribution in [1.29, 1.82) is 0 Å². The predicted octanol–water partition coefficient (Wildman–Crippen LogP) is 2.43. The number of rotatable bonds is 3. The topological polar surface area (TPSA) is 80.3 Å². The van der Waals surface area contributed by atoms with Crippen molar-refractivity contribution in [3.8, 4) is 22.8 Å². The van der Waals surface area contributed by atoms with Crippen molar-refractivity contribution in [3.63, 3.8) is 0 Å². The van der Waals surface area contributed by atoms with Crippen LogP contribution in [0.2, 0.25) is 0 Å². The fourth-order valence-electron chi connectivity index (χ4n) is 3.74. The van der Waals surface area contributed by atoms with Gasteiger partial charge in [-0.15, -0.1) is 0 Å². The van der Waals surface area contributed by atoms with E-state index in [4.69, 9.17) is 9.47 Å². The molecule has 0 amide bonds. The van der Waals surface area contributed by atoms with Gasteiger partial charge in [0.2, 0.25) is 6.79 Å². The van der Waals surface area contributed by atoms with Crippen LogP contribution >= 0.6 is 0 Å². The first-order valence-corrected chi connectivity index (χ1v) is 9.32. The Hall–Kier alpha value is -3.19. The average molecular weight is 376 g/mol. The van der Waals surface area contributed by atoms with Crippen LogP contribution in [0.1, 0.15) is 22.6 Å². The highest BCUT2D eigenvalue weighted by Crippen LogP contribution is 2.35. The molecule has 0 fully saturated rings. The van der Waals surface area contributed by atoms with E-state index in [0.717, 1.165) is 59.1 Å². The first-order valence-electron chi connectivity index (χ1n) is 9.32. The number of pyridine rings is 1. The van der Waals surface area contributed by atoms with Gasteiger partial charge in [-0.1, -0.05) is 6.07 Å². The fraction of sp³-hybridized carbons (Fsp3) is 0.286. The van der Waals surface area contributed by atoms with E-state index in [9.17, 15) is 4.79 Å². The van der Waals surface area contributed by atoms with Crippen molar-refractivity contribution in [3.05, 3.63) is 69.5 Å². The van der Waals surface area contributed by atoms with Crippen LogP contribution in [0, 0.1) is 6.92 Å². The van der Waals surface area contributed by atoms with Crippen LogP contribution in [0.3, 0.4) is 0 Å². The molecule has 0 spiro atoms. The highest BCUT2D eigenvalue weighted by molar-refractivity contribution is 5.64. The van der Waals surface area contributed by atoms with E-state index in [0.29, 0.717) is 12.4 Å². The van der Waals surface area contributed by atoms with Crippen LogP contribution in [-0.4, -0.2) is 33.2 Å². The molecule has 0 atom stereocenters. The number of hydrogen-bond donors (Lipinski definition) is 1. The van der Waals surface area contributed by atoms with Gasteiger partial charge in [-0.3, -0.25) is 14.7 Å². The SMILES string of the molecule is Cc1nc2c(c(=O)[nH]1)CN(Cc1ccc(-c3ccc4c(c3)OCO4)nc1)CC2. The van der Waals surface area contributed by atoms with Crippen molar-refractivity contribution < 1.29 is 9.47 Å². The Labute approximate surface area is 162 Å². The molecule has 2 aromatic heterocycles. The summed E-state index contributed by atoms with van der Waals surface area (Å²) in [6.45, 7) is 4.33. The van der Waals surface area contributed by atoms with Gasteiger partial charge in [0.25, 0.3) is 5.56 Å². The van der Waals surface area contributed by atoms with Crippen molar-refractivity contribution in [2.75, 3.05) is 13.3 Å². The molecule has 1 N–H and O–H groups in total. The molecule has 3 aromatic rings. The number of hydrogen-bond acceptors (Lipinski definition) is 6. The normalized spacial score (nSPS) is 15.5. The minimum absolute atomic E-state index is 0.0246. The predicted molar refractivity (Wildman–Crippen MR) is 103 cm³/mol. The Balaban J connectivity index is 1.31. The molecule has 2 aliphatic rings. The van der Waals surface area contributed by atoms with E-state index in [1.807, 2.05) is 37.4 Å². The maximum Gasteiger partial charge on any atom is 0.255 e. The Morgan fingerprint density at radius 1 is 1.18 bits per heavy atom. The van der Waals surface area contributed by atoms with Crippen LogP contribution in [0.5, 0.6) is 11.5 Å². The number of fused-ring (bicyclic) bond motifs is 2. The molecular formula is C21H20N4O3. The van der Waals surface area contributed by atoms with Crippen LogP contribution < -0.4 is 15.0 Å². The van der Waals surface area contributed by atoms with Crippen LogP contribution in [0.25, 0.3) is 11.3 Å². The van der Waals surface area contributed by atoms with Gasteiger partial charge < -0.3 is 14.5 Å². The molecule has 0 unspecified atom stereocenters. The largest absolute Gasteiger partial charge is 0.454 e. The molecule has 7 nitrogen and oxygen atoms in total. The molecule has 2 aliphatic heterocycles. The van der Waals surface area contributed by atoms with E-state index in [-0.39, 0.29) is 12.4 Å². The molecule has 7 heteroatoms. The second-order valence-electron chi connectivity index (χ2n) is 7.16. The quantitative estimate of drug-likeness (QED) is 0.756. The van der Waals surface area contributed by atoms with Gasteiger partial charge in [-0.2, -0.15) is 0 Å². The number of H-pyrrole nitrogens is 1. The van der Waals surface area contributed by atoms with Gasteiger partial charge in [0.05, 0.1) is 17.0 Å². The van der Waals surface area contributed by atoms with Gasteiger partial charge in [0, 0.05) is 37.8 Å². The molecule has 0 aliphatic carbocycles. The zero-order valence-corrected chi connectivity index (χ0v) is 15.6. The van der Waals surface area contributed by atoms with E-state index >= 15 is 0 Å². The maximum absolute atomic E-state index is 12.2. The molecule has 0 bridgehead atoms. The second kappa shape index (κ2) is 6.76. The van der Waals surface area contributed by atoms with Gasteiger partial charge in [-0.05, 0) is 36.8 Å². The lowest BCUT2D eigenvalue weighted by molar-refractivity contribution is 0.174. The van der Waals surface area contributed by atoms with E-state index in [1.54, 1.807) is 0 Å². The molecule has 0 saturated heterocycles. The minimum atomic E-state index is -0.0246. The average Bonchev–Trinajstić information content (AvgIpc) is 3.17. The first-order chi connectivity index (χ1) is 13.7. The Morgan fingerprint density at radius 2 is 2.07 bits per heavy atom. The summed E-state index contributed by atoms with van der Waals surface area (Å²) in [4.78, 5) is 26.4. The zero-order chi connectivity index (χ0) is 19.1. The number of aromatic nitrogens is 3. The van der Waals surface area contributed by atoms with Crippen molar-refractivity contribution >= 4 is 0 Å². The molecule has 0 radical (unpaired) electrons. The lowest BCUT2D eigenvalue weighted by atomic mass is 10.1. The Morgan fingerprint density at radius 3 is 2.93 bits per heavy atom. The fourth-order valence-corrected chi connectivity index (χ4v) is 3.74. The van der Waals surface area contributed by atoms with Gasteiger partial charge in [-0.25, -0.2) is 4.98 Å². The van der Waals surface area contributed by atoms with Crippen LogP contribution in [0.15, 0.2) is 41.3 Å². The highest BCUT2D eigenvalue weighted by atomic mass is 16.7. The summed E-state index contributed by atoms with van der Waals surface area (Å²) in [5, 5.41) is 0. The first kappa shape index (κ1) is 16.9. The molecule has 142 valence electrons. The summed E-state index contributed by atoms with van der Waals surface area (Å²) in [6, 6.07) is 9.94. The zero-order valence-electron chi connectivity index (χ0n) is 15.6. The van der Waals surface area contributed by atoms with E-state index < -0.39 is 0 Å². The van der Waals surface area contributed by atoms with E-state index in [1.165, 1.54) is 0 Å². The third-order valence-electron chi connectivity index (χ3n) is 5.17. The van der Waals surface area contributed by atoms with Gasteiger partial charge in [0.15, 0.2) is 11.5 Å². The summed E-state index contributed by atoms with van der Waals surface area (Å²) in [7, 11) is 0. The third kappa shape index (κ3) is 3.14. The summed E-state index contributed by atoms with van der Waals surface area (Å²) in [5.41, 5.74) is 4.68. The van der Waals surface area contributed by atoms with Crippen LogP contribution in [0.4, 0.5) is 0 Å². The number of aryl methyl sites for hydroxylation is 1. The summed E-state index contributed by atoms with van der Waals surface area (Å²) in [5.74, 6) is 2.20. The number of nitrogens with zero attached hydrogens (tertiary/aromatic N) is 3.